The Labute approximate surface area is 78.2 Å². The van der Waals surface area contributed by atoms with Crippen LogP contribution in [-0.4, -0.2) is 10.2 Å². The summed E-state index contributed by atoms with van der Waals surface area (Å²) in [6.07, 6.45) is 1.51. The average molecular weight is 186 g/mol. The van der Waals surface area contributed by atoms with Gasteiger partial charge in [-0.05, 0) is 6.07 Å². The second-order valence-electron chi connectivity index (χ2n) is 3.04. The Kier molecular flexibility index (Phi) is 1.28. The first-order valence-electron chi connectivity index (χ1n) is 4.21. The maximum absolute atomic E-state index is 11.5. The Balaban J connectivity index is 2.73. The number of hydrogen-bond acceptors (Lipinski definition) is 3. The normalized spacial score (nSPS) is 11.1. The zero-order valence-electron chi connectivity index (χ0n) is 7.15. The molecule has 0 bridgehead atoms. The molecule has 0 saturated carbocycles. The highest BCUT2D eigenvalue weighted by Crippen LogP contribution is 2.24. The van der Waals surface area contributed by atoms with Crippen molar-refractivity contribution in [3.63, 3.8) is 0 Å². The summed E-state index contributed by atoms with van der Waals surface area (Å²) in [5.74, 6) is 0. The Morgan fingerprint density at radius 1 is 1.21 bits per heavy atom. The van der Waals surface area contributed by atoms with Crippen LogP contribution < -0.4 is 5.56 Å². The van der Waals surface area contributed by atoms with Gasteiger partial charge < -0.3 is 4.42 Å². The summed E-state index contributed by atoms with van der Waals surface area (Å²) in [6, 6.07) is 7.43. The molecule has 4 heteroatoms. The molecule has 2 heterocycles. The number of hydrogen-bond donors (Lipinski definition) is 1. The fraction of sp³-hybridized carbons (Fsp3) is 0. The van der Waals surface area contributed by atoms with Crippen LogP contribution >= 0.6 is 0 Å². The molecule has 68 valence electrons. The zero-order chi connectivity index (χ0) is 9.54. The quantitative estimate of drug-likeness (QED) is 0.581. The highest BCUT2D eigenvalue weighted by Gasteiger charge is 2.08. The van der Waals surface area contributed by atoms with E-state index in [1.807, 2.05) is 24.3 Å². The molecule has 2 aromatic heterocycles. The molecule has 0 spiro atoms. The summed E-state index contributed by atoms with van der Waals surface area (Å²) >= 11 is 0. The lowest BCUT2D eigenvalue weighted by atomic mass is 10.2. The number of nitrogens with zero attached hydrogens (tertiary/aromatic N) is 1. The predicted molar refractivity (Wildman–Crippen MR) is 52.1 cm³/mol. The molecule has 3 aromatic rings. The number of fused-ring (bicyclic) bond motifs is 3. The van der Waals surface area contributed by atoms with Crippen molar-refractivity contribution in [3.8, 4) is 0 Å². The Hall–Kier alpha value is -2.10. The van der Waals surface area contributed by atoms with Gasteiger partial charge in [0.15, 0.2) is 5.58 Å². The predicted octanol–water partition coefficient (Wildman–Crippen LogP) is 1.67. The van der Waals surface area contributed by atoms with Gasteiger partial charge in [0.25, 0.3) is 5.56 Å². The van der Waals surface area contributed by atoms with Crippen molar-refractivity contribution in [3.05, 3.63) is 40.8 Å². The third-order valence-corrected chi connectivity index (χ3v) is 2.20. The van der Waals surface area contributed by atoms with Crippen LogP contribution in [0.5, 0.6) is 0 Å². The van der Waals surface area contributed by atoms with Crippen molar-refractivity contribution in [2.45, 2.75) is 0 Å². The van der Waals surface area contributed by atoms with E-state index in [0.29, 0.717) is 16.6 Å². The summed E-state index contributed by atoms with van der Waals surface area (Å²) in [7, 11) is 0. The minimum absolute atomic E-state index is 0.215. The second kappa shape index (κ2) is 2.45. The van der Waals surface area contributed by atoms with Crippen molar-refractivity contribution in [2.24, 2.45) is 0 Å². The van der Waals surface area contributed by atoms with E-state index in [0.717, 1.165) is 5.39 Å². The van der Waals surface area contributed by atoms with E-state index in [2.05, 4.69) is 10.2 Å². The van der Waals surface area contributed by atoms with E-state index in [1.165, 1.54) is 6.20 Å². The molecule has 4 nitrogen and oxygen atoms in total. The minimum Gasteiger partial charge on any atom is -0.454 e. The summed E-state index contributed by atoms with van der Waals surface area (Å²) in [5.41, 5.74) is 1.02. The monoisotopic (exact) mass is 186 g/mol. The average Bonchev–Trinajstić information content (AvgIpc) is 2.57. The highest BCUT2D eigenvalue weighted by atomic mass is 16.3. The fourth-order valence-electron chi connectivity index (χ4n) is 1.59. The third-order valence-electron chi connectivity index (χ3n) is 2.20. The molecule has 1 aromatic carbocycles. The summed E-state index contributed by atoms with van der Waals surface area (Å²) < 4.78 is 5.45. The summed E-state index contributed by atoms with van der Waals surface area (Å²) in [4.78, 5) is 11.5. The van der Waals surface area contributed by atoms with E-state index < -0.39 is 0 Å². The Morgan fingerprint density at radius 2 is 2.07 bits per heavy atom. The lowest BCUT2D eigenvalue weighted by Gasteiger charge is -1.84. The van der Waals surface area contributed by atoms with Crippen LogP contribution in [0.25, 0.3) is 21.9 Å². The molecule has 0 amide bonds. The van der Waals surface area contributed by atoms with E-state index in [9.17, 15) is 4.79 Å². The van der Waals surface area contributed by atoms with E-state index in [1.54, 1.807) is 0 Å². The van der Waals surface area contributed by atoms with Crippen LogP contribution in [0.4, 0.5) is 0 Å². The van der Waals surface area contributed by atoms with Crippen LogP contribution in [0.3, 0.4) is 0 Å². The standard InChI is InChI=1S/C10H6N2O2/c13-10-9-6-3-1-2-4-7(6)14-8(9)5-11-12-10/h1-5H,(H,12,13). The number of benzene rings is 1. The van der Waals surface area contributed by atoms with Gasteiger partial charge in [-0.15, -0.1) is 0 Å². The van der Waals surface area contributed by atoms with Crippen LogP contribution in [-0.2, 0) is 0 Å². The van der Waals surface area contributed by atoms with Crippen molar-refractivity contribution in [1.82, 2.24) is 10.2 Å². The van der Waals surface area contributed by atoms with Crippen LogP contribution in [0, 0.1) is 0 Å². The summed E-state index contributed by atoms with van der Waals surface area (Å²) in [6.45, 7) is 0. The van der Waals surface area contributed by atoms with Crippen LogP contribution in [0.15, 0.2) is 39.7 Å². The van der Waals surface area contributed by atoms with Crippen molar-refractivity contribution in [1.29, 1.82) is 0 Å². The highest BCUT2D eigenvalue weighted by molar-refractivity contribution is 6.03. The number of aromatic nitrogens is 2. The van der Waals surface area contributed by atoms with Crippen LogP contribution in [0.2, 0.25) is 0 Å². The molecule has 0 aliphatic carbocycles. The number of rotatable bonds is 0. The van der Waals surface area contributed by atoms with E-state index >= 15 is 0 Å². The summed E-state index contributed by atoms with van der Waals surface area (Å²) in [5, 5.41) is 7.45. The lowest BCUT2D eigenvalue weighted by Crippen LogP contribution is -2.05. The second-order valence-corrected chi connectivity index (χ2v) is 3.04. The molecule has 3 rings (SSSR count). The number of aromatic amines is 1. The van der Waals surface area contributed by atoms with Crippen LogP contribution in [0.1, 0.15) is 0 Å². The first-order valence-corrected chi connectivity index (χ1v) is 4.21. The molecule has 0 saturated heterocycles. The minimum atomic E-state index is -0.215. The molecule has 0 atom stereocenters. The van der Waals surface area contributed by atoms with E-state index in [4.69, 9.17) is 4.42 Å². The zero-order valence-corrected chi connectivity index (χ0v) is 7.15. The molecular formula is C10H6N2O2. The van der Waals surface area contributed by atoms with Crippen molar-refractivity contribution in [2.75, 3.05) is 0 Å². The van der Waals surface area contributed by atoms with E-state index in [-0.39, 0.29) is 5.56 Å². The molecular weight excluding hydrogens is 180 g/mol. The lowest BCUT2D eigenvalue weighted by molar-refractivity contribution is 0.664. The van der Waals surface area contributed by atoms with Crippen molar-refractivity contribution < 1.29 is 4.42 Å². The largest absolute Gasteiger partial charge is 0.454 e. The first-order chi connectivity index (χ1) is 6.86. The first kappa shape index (κ1) is 7.32. The van der Waals surface area contributed by atoms with Gasteiger partial charge in [-0.1, -0.05) is 18.2 Å². The maximum atomic E-state index is 11.5. The van der Waals surface area contributed by atoms with Gasteiger partial charge in [0, 0.05) is 5.39 Å². The third kappa shape index (κ3) is 0.821. The molecule has 1 N–H and O–H groups in total. The van der Waals surface area contributed by atoms with Crippen molar-refractivity contribution >= 4 is 21.9 Å². The Bertz CT molecular complexity index is 666. The smallest absolute Gasteiger partial charge is 0.275 e. The number of para-hydroxylation sites is 1. The molecule has 0 radical (unpaired) electrons. The number of furan rings is 1. The van der Waals surface area contributed by atoms with Gasteiger partial charge in [0.05, 0.1) is 11.6 Å². The molecule has 0 fully saturated rings. The van der Waals surface area contributed by atoms with Gasteiger partial charge >= 0.3 is 0 Å². The molecule has 0 aliphatic heterocycles. The SMILES string of the molecule is O=c1[nH]ncc2oc3ccccc3c12. The van der Waals surface area contributed by atoms with Gasteiger partial charge in [-0.3, -0.25) is 4.79 Å². The van der Waals surface area contributed by atoms with Gasteiger partial charge in [-0.2, -0.15) is 5.10 Å². The number of nitrogens with one attached hydrogen (secondary N) is 1. The molecule has 14 heavy (non-hydrogen) atoms. The van der Waals surface area contributed by atoms with Gasteiger partial charge in [0.2, 0.25) is 0 Å². The maximum Gasteiger partial charge on any atom is 0.275 e. The van der Waals surface area contributed by atoms with Gasteiger partial charge in [-0.25, -0.2) is 5.10 Å². The molecule has 0 unspecified atom stereocenters. The number of H-pyrrole nitrogens is 1. The topological polar surface area (TPSA) is 58.9 Å². The van der Waals surface area contributed by atoms with Gasteiger partial charge in [0.1, 0.15) is 5.58 Å². The Morgan fingerprint density at radius 3 is 3.00 bits per heavy atom. The fourth-order valence-corrected chi connectivity index (χ4v) is 1.59. The molecule has 0 aliphatic rings.